The maximum atomic E-state index is 14.9. The lowest BCUT2D eigenvalue weighted by Crippen LogP contribution is -2.81. The summed E-state index contributed by atoms with van der Waals surface area (Å²) in [5.74, 6) is -4.40. The van der Waals surface area contributed by atoms with E-state index in [9.17, 15) is 29.4 Å². The van der Waals surface area contributed by atoms with E-state index in [1.165, 1.54) is 13.8 Å². The van der Waals surface area contributed by atoms with E-state index < -0.39 is 76.2 Å². The molecule has 42 heavy (non-hydrogen) atoms. The second kappa shape index (κ2) is 9.99. The number of aliphatic hydroxyl groups excluding tert-OH is 1. The van der Waals surface area contributed by atoms with Crippen molar-refractivity contribution in [2.75, 3.05) is 6.61 Å². The van der Waals surface area contributed by atoms with Crippen LogP contribution in [0.5, 0.6) is 0 Å². The Hall–Kier alpha value is -3.08. The van der Waals surface area contributed by atoms with E-state index in [1.54, 1.807) is 65.0 Å². The number of Topliss-reactive ketones (excluding diaryl/α,β-unsaturated/α-hetero) is 1. The summed E-state index contributed by atoms with van der Waals surface area (Å²) < 4.78 is 24.0. The number of fused-ring (bicyclic) bond motifs is 5. The average Bonchev–Trinajstić information content (AvgIpc) is 2.90. The van der Waals surface area contributed by atoms with E-state index in [2.05, 4.69) is 0 Å². The minimum absolute atomic E-state index is 0.0557. The molecule has 5 rings (SSSR count). The van der Waals surface area contributed by atoms with Crippen molar-refractivity contribution in [1.29, 1.82) is 0 Å². The number of benzene rings is 1. The Labute approximate surface area is 245 Å². The number of aliphatic hydroxyl groups is 2. The van der Waals surface area contributed by atoms with Gasteiger partial charge in [0, 0.05) is 38.0 Å². The number of rotatable bonds is 4. The largest absolute Gasteiger partial charge is 0.461 e. The lowest BCUT2D eigenvalue weighted by Gasteiger charge is -2.67. The van der Waals surface area contributed by atoms with Gasteiger partial charge in [-0.15, -0.1) is 0 Å². The second-order valence-electron chi connectivity index (χ2n) is 13.1. The molecule has 0 radical (unpaired) electrons. The molecule has 2 saturated carbocycles. The molecule has 10 heteroatoms. The fraction of sp³-hybridized carbons (Fsp3) is 0.625. The Bertz CT molecular complexity index is 1350. The molecule has 1 unspecified atom stereocenters. The van der Waals surface area contributed by atoms with Crippen LogP contribution in [0.25, 0.3) is 0 Å². The molecule has 1 aromatic rings. The average molecular weight is 585 g/mol. The zero-order valence-corrected chi connectivity index (χ0v) is 25.1. The first kappa shape index (κ1) is 30.4. The van der Waals surface area contributed by atoms with Gasteiger partial charge in [-0.05, 0) is 37.1 Å². The van der Waals surface area contributed by atoms with Gasteiger partial charge in [-0.2, -0.15) is 0 Å². The highest BCUT2D eigenvalue weighted by Crippen LogP contribution is 2.65. The van der Waals surface area contributed by atoms with E-state index in [0.717, 1.165) is 0 Å². The molecular formula is C32H40O10. The van der Waals surface area contributed by atoms with Crippen LogP contribution in [-0.4, -0.2) is 76.1 Å². The third kappa shape index (κ3) is 4.09. The maximum absolute atomic E-state index is 14.9. The molecule has 1 aromatic carbocycles. The predicted octanol–water partition coefficient (Wildman–Crippen LogP) is 2.93. The molecule has 2 bridgehead atoms. The van der Waals surface area contributed by atoms with Gasteiger partial charge in [0.25, 0.3) is 0 Å². The lowest BCUT2D eigenvalue weighted by molar-refractivity contribution is -0.345. The van der Waals surface area contributed by atoms with Crippen LogP contribution >= 0.6 is 0 Å². The summed E-state index contributed by atoms with van der Waals surface area (Å²) in [5.41, 5.74) is -4.91. The van der Waals surface area contributed by atoms with Gasteiger partial charge < -0.3 is 29.2 Å². The minimum atomic E-state index is -1.95. The van der Waals surface area contributed by atoms with E-state index in [0.29, 0.717) is 11.1 Å². The van der Waals surface area contributed by atoms with Gasteiger partial charge in [-0.3, -0.25) is 14.4 Å². The van der Waals surface area contributed by atoms with Crippen molar-refractivity contribution in [3.05, 3.63) is 47.0 Å². The maximum Gasteiger partial charge on any atom is 0.338 e. The molecule has 0 spiro atoms. The van der Waals surface area contributed by atoms with Crippen LogP contribution in [0.4, 0.5) is 0 Å². The molecule has 1 aliphatic heterocycles. The molecule has 4 aliphatic rings. The molecule has 228 valence electrons. The number of hydrogen-bond acceptors (Lipinski definition) is 10. The number of ketones is 1. The van der Waals surface area contributed by atoms with Gasteiger partial charge >= 0.3 is 17.9 Å². The predicted molar refractivity (Wildman–Crippen MR) is 148 cm³/mol. The molecule has 1 saturated heterocycles. The van der Waals surface area contributed by atoms with E-state index in [4.69, 9.17) is 18.9 Å². The van der Waals surface area contributed by atoms with Crippen molar-refractivity contribution in [3.63, 3.8) is 0 Å². The molecule has 0 aromatic heterocycles. The van der Waals surface area contributed by atoms with Crippen LogP contribution in [-0.2, 0) is 33.3 Å². The van der Waals surface area contributed by atoms with E-state index in [-0.39, 0.29) is 30.8 Å². The normalized spacial score (nSPS) is 40.4. The molecular weight excluding hydrogens is 544 g/mol. The molecule has 10 nitrogen and oxygen atoms in total. The van der Waals surface area contributed by atoms with Gasteiger partial charge in [0.05, 0.1) is 29.6 Å². The van der Waals surface area contributed by atoms with Crippen molar-refractivity contribution < 1.29 is 48.3 Å². The monoisotopic (exact) mass is 584 g/mol. The molecule has 3 aliphatic carbocycles. The summed E-state index contributed by atoms with van der Waals surface area (Å²) in [5, 5.41) is 24.2. The molecule has 2 N–H and O–H groups in total. The molecule has 0 amide bonds. The second-order valence-corrected chi connectivity index (χ2v) is 13.1. The third-order valence-electron chi connectivity index (χ3n) is 10.5. The smallest absolute Gasteiger partial charge is 0.338 e. The fourth-order valence-corrected chi connectivity index (χ4v) is 8.51. The quantitative estimate of drug-likeness (QED) is 0.308. The summed E-state index contributed by atoms with van der Waals surface area (Å²) in [6.45, 7) is 11.0. The highest BCUT2D eigenvalue weighted by atomic mass is 16.6. The zero-order chi connectivity index (χ0) is 31.0. The summed E-state index contributed by atoms with van der Waals surface area (Å²) >= 11 is 0. The summed E-state index contributed by atoms with van der Waals surface area (Å²) in [6.07, 6.45) is -4.64. The van der Waals surface area contributed by atoms with Crippen molar-refractivity contribution in [1.82, 2.24) is 0 Å². The van der Waals surface area contributed by atoms with Crippen molar-refractivity contribution in [2.45, 2.75) is 96.9 Å². The summed E-state index contributed by atoms with van der Waals surface area (Å²) in [4.78, 5) is 53.7. The van der Waals surface area contributed by atoms with Gasteiger partial charge in [0.1, 0.15) is 29.7 Å². The Morgan fingerprint density at radius 2 is 1.67 bits per heavy atom. The zero-order valence-electron chi connectivity index (χ0n) is 25.1. The lowest BCUT2D eigenvalue weighted by atomic mass is 9.43. The third-order valence-corrected chi connectivity index (χ3v) is 10.5. The molecule has 3 fully saturated rings. The van der Waals surface area contributed by atoms with Crippen LogP contribution in [0, 0.1) is 22.7 Å². The van der Waals surface area contributed by atoms with Crippen LogP contribution in [0.15, 0.2) is 41.5 Å². The SMILES string of the molecule is CC(=O)O[C@H]1C[C@H]2OC[C@@]2(OC(C)=O)C2[C@H](OC(=O)c3ccccc3)[C@]3(O)C[C@H](O)C(C)=C([C@@H](C)C(=O)[C@@]21C)C3(C)C. The van der Waals surface area contributed by atoms with Crippen LogP contribution in [0.1, 0.15) is 71.7 Å². The fourth-order valence-electron chi connectivity index (χ4n) is 8.51. The van der Waals surface area contributed by atoms with Crippen LogP contribution < -0.4 is 0 Å². The first-order valence-corrected chi connectivity index (χ1v) is 14.4. The Balaban J connectivity index is 1.84. The summed E-state index contributed by atoms with van der Waals surface area (Å²) in [7, 11) is 0. The Morgan fingerprint density at radius 3 is 2.21 bits per heavy atom. The topological polar surface area (TPSA) is 146 Å². The van der Waals surface area contributed by atoms with Crippen molar-refractivity contribution >= 4 is 23.7 Å². The Morgan fingerprint density at radius 1 is 1.02 bits per heavy atom. The highest BCUT2D eigenvalue weighted by molar-refractivity contribution is 5.92. The van der Waals surface area contributed by atoms with Gasteiger partial charge in [0.2, 0.25) is 0 Å². The Kier molecular flexibility index (Phi) is 7.23. The van der Waals surface area contributed by atoms with Gasteiger partial charge in [0.15, 0.2) is 5.60 Å². The van der Waals surface area contributed by atoms with E-state index >= 15 is 0 Å². The van der Waals surface area contributed by atoms with Gasteiger partial charge in [-0.25, -0.2) is 4.79 Å². The van der Waals surface area contributed by atoms with Crippen LogP contribution in [0.2, 0.25) is 0 Å². The molecule has 1 heterocycles. The number of carbonyl (C=O) groups is 4. The van der Waals surface area contributed by atoms with Gasteiger partial charge in [-0.1, -0.05) is 39.0 Å². The minimum Gasteiger partial charge on any atom is -0.461 e. The summed E-state index contributed by atoms with van der Waals surface area (Å²) in [6, 6.07) is 8.22. The standard InChI is InChI=1S/C32H40O10/c1-16-21(35)14-32(38)27(41-28(37)20-11-9-8-10-12-20)25-30(7,26(36)17(2)24(16)29(32,5)6)22(40-18(3)33)13-23-31(25,15-39-23)42-19(4)34/h8-12,17,21-23,25,27,35,38H,13-15H2,1-7H3/t17-,21+,22+,23-,25?,27+,30-,31+,32-/m1/s1. The number of hydrogen-bond donors (Lipinski definition) is 2. The number of carbonyl (C=O) groups excluding carboxylic acids is 4. The van der Waals surface area contributed by atoms with Crippen molar-refractivity contribution in [3.8, 4) is 0 Å². The van der Waals surface area contributed by atoms with Crippen molar-refractivity contribution in [2.24, 2.45) is 22.7 Å². The first-order valence-electron chi connectivity index (χ1n) is 14.4. The number of ether oxygens (including phenoxy) is 4. The molecule has 9 atom stereocenters. The first-order chi connectivity index (χ1) is 19.5. The van der Waals surface area contributed by atoms with E-state index in [1.807, 2.05) is 0 Å². The highest BCUT2D eigenvalue weighted by Gasteiger charge is 2.78. The van der Waals surface area contributed by atoms with Crippen LogP contribution in [0.3, 0.4) is 0 Å². The number of esters is 3.